The molecular formula is C76H150NO3S+. The molecule has 0 aromatic rings. The molecule has 0 aliphatic heterocycles. The lowest BCUT2D eigenvalue weighted by molar-refractivity contribution is -0.774. The molecule has 0 amide bonds. The molecule has 0 heterocycles. The second kappa shape index (κ2) is 68.2. The molecule has 0 aliphatic rings. The van der Waals surface area contributed by atoms with Gasteiger partial charge in [0.2, 0.25) is 0 Å². The molecule has 0 aliphatic carbocycles. The molecule has 0 fully saturated rings. The number of unbranched alkanes of at least 4 members (excludes halogenated alkanes) is 61. The largest absolute Gasteiger partial charge is 0.286 e. The van der Waals surface area contributed by atoms with Gasteiger partial charge in [0.05, 0.1) is 12.3 Å². The molecule has 0 unspecified atom stereocenters. The van der Waals surface area contributed by atoms with Crippen molar-refractivity contribution < 1.29 is 17.5 Å². The zero-order chi connectivity index (χ0) is 58.6. The number of hydrogen-bond acceptors (Lipinski definition) is 2. The molecule has 0 rings (SSSR count). The maximum absolute atomic E-state index is 11.7. The second-order valence-corrected chi connectivity index (χ2v) is 28.0. The lowest BCUT2D eigenvalue weighted by Gasteiger charge is -2.27. The SMILES string of the molecule is CCCCCCCCCCCCCCCCCCCCCC/C=C/[N+](/C=C/CCCCCCCCCCCCCCCCCCCCCC)(/C=C/CCCCCCCCCCCCCCCCCCCCCC)CCCCS(=O)(=O)O. The Labute approximate surface area is 512 Å². The van der Waals surface area contributed by atoms with Gasteiger partial charge in [0.1, 0.15) is 18.6 Å². The normalized spacial score (nSPS) is 12.5. The smallest absolute Gasteiger partial charge is 0.264 e. The number of quaternary nitrogens is 1. The van der Waals surface area contributed by atoms with E-state index in [0.29, 0.717) is 10.9 Å². The van der Waals surface area contributed by atoms with Crippen LogP contribution in [-0.2, 0) is 10.1 Å². The Kier molecular flexibility index (Phi) is 67.4. The number of allylic oxidation sites excluding steroid dienone is 3. The third-order valence-corrected chi connectivity index (χ3v) is 18.8. The molecule has 0 saturated heterocycles. The summed E-state index contributed by atoms with van der Waals surface area (Å²) in [5.74, 6) is -0.150. The van der Waals surface area contributed by atoms with Gasteiger partial charge in [-0.3, -0.25) is 4.55 Å². The van der Waals surface area contributed by atoms with Gasteiger partial charge in [-0.15, -0.1) is 0 Å². The Bertz CT molecular complexity index is 1240. The summed E-state index contributed by atoms with van der Waals surface area (Å²) in [6.07, 6.45) is 104. The number of nitrogens with zero attached hydrogens (tertiary/aromatic N) is 1. The number of hydrogen-bond donors (Lipinski definition) is 1. The zero-order valence-electron chi connectivity index (χ0n) is 56.0. The van der Waals surface area contributed by atoms with Crippen molar-refractivity contribution in [3.63, 3.8) is 0 Å². The molecule has 0 radical (unpaired) electrons. The van der Waals surface area contributed by atoms with E-state index in [2.05, 4.69) is 57.6 Å². The molecule has 0 aromatic heterocycles. The van der Waals surface area contributed by atoms with Gasteiger partial charge in [0.25, 0.3) is 10.1 Å². The minimum atomic E-state index is -3.95. The molecular weight excluding hydrogens is 1010 g/mol. The first-order chi connectivity index (χ1) is 39.9. The van der Waals surface area contributed by atoms with E-state index in [-0.39, 0.29) is 5.75 Å². The minimum Gasteiger partial charge on any atom is -0.286 e. The van der Waals surface area contributed by atoms with Crippen LogP contribution in [0.1, 0.15) is 438 Å². The fourth-order valence-electron chi connectivity index (χ4n) is 12.4. The summed E-state index contributed by atoms with van der Waals surface area (Å²) in [5.41, 5.74) is 0. The Morgan fingerprint density at radius 3 is 0.556 bits per heavy atom. The lowest BCUT2D eigenvalue weighted by atomic mass is 10.0. The Hall–Kier alpha value is -0.910. The molecule has 1 N–H and O–H groups in total. The van der Waals surface area contributed by atoms with Crippen LogP contribution in [0.15, 0.2) is 36.8 Å². The summed E-state index contributed by atoms with van der Waals surface area (Å²) in [6.45, 7) is 7.75. The average Bonchev–Trinajstić information content (AvgIpc) is 3.46. The maximum Gasteiger partial charge on any atom is 0.264 e. The van der Waals surface area contributed by atoms with Gasteiger partial charge in [0, 0.05) is 0 Å². The summed E-state index contributed by atoms with van der Waals surface area (Å²) in [7, 11) is -3.95. The highest BCUT2D eigenvalue weighted by Crippen LogP contribution is 2.22. The van der Waals surface area contributed by atoms with Gasteiger partial charge < -0.3 is 0 Å². The summed E-state index contributed by atoms with van der Waals surface area (Å²) in [5, 5.41) is 0. The van der Waals surface area contributed by atoms with E-state index in [1.165, 1.54) is 385 Å². The summed E-state index contributed by atoms with van der Waals surface area (Å²) in [6, 6.07) is 0. The van der Waals surface area contributed by atoms with E-state index in [4.69, 9.17) is 0 Å². The van der Waals surface area contributed by atoms with E-state index in [1.807, 2.05) is 0 Å². The first-order valence-corrected chi connectivity index (χ1v) is 39.4. The predicted molar refractivity (Wildman–Crippen MR) is 366 cm³/mol. The van der Waals surface area contributed by atoms with Crippen molar-refractivity contribution in [2.24, 2.45) is 0 Å². The fourth-order valence-corrected chi connectivity index (χ4v) is 13.0. The summed E-state index contributed by atoms with van der Waals surface area (Å²) < 4.78 is 33.6. The predicted octanol–water partition coefficient (Wildman–Crippen LogP) is 27.6. The molecule has 0 aromatic carbocycles. The highest BCUT2D eigenvalue weighted by atomic mass is 32.2. The van der Waals surface area contributed by atoms with E-state index < -0.39 is 10.1 Å². The molecule has 0 atom stereocenters. The monoisotopic (exact) mass is 1160 g/mol. The third kappa shape index (κ3) is 68.1. The maximum atomic E-state index is 11.7. The molecule has 81 heavy (non-hydrogen) atoms. The van der Waals surface area contributed by atoms with Crippen LogP contribution >= 0.6 is 0 Å². The lowest BCUT2D eigenvalue weighted by Crippen LogP contribution is -2.32. The van der Waals surface area contributed by atoms with Crippen LogP contribution in [0.25, 0.3) is 0 Å². The van der Waals surface area contributed by atoms with E-state index in [1.54, 1.807) is 0 Å². The van der Waals surface area contributed by atoms with Crippen molar-refractivity contribution in [2.45, 2.75) is 438 Å². The van der Waals surface area contributed by atoms with Crippen LogP contribution in [-0.4, -0.2) is 29.8 Å². The highest BCUT2D eigenvalue weighted by molar-refractivity contribution is 7.85. The van der Waals surface area contributed by atoms with Crippen molar-refractivity contribution >= 4 is 10.1 Å². The molecule has 0 spiro atoms. The van der Waals surface area contributed by atoms with Crippen molar-refractivity contribution in [2.75, 3.05) is 12.3 Å². The van der Waals surface area contributed by atoms with Crippen LogP contribution in [0.2, 0.25) is 0 Å². The van der Waals surface area contributed by atoms with Gasteiger partial charge in [0.15, 0.2) is 0 Å². The van der Waals surface area contributed by atoms with Crippen molar-refractivity contribution in [1.29, 1.82) is 0 Å². The third-order valence-electron chi connectivity index (χ3n) is 18.0. The van der Waals surface area contributed by atoms with E-state index in [9.17, 15) is 13.0 Å². The van der Waals surface area contributed by atoms with Gasteiger partial charge in [-0.25, -0.2) is 4.48 Å². The first kappa shape index (κ1) is 80.1. The second-order valence-electron chi connectivity index (χ2n) is 26.4. The Morgan fingerprint density at radius 2 is 0.395 bits per heavy atom. The number of rotatable bonds is 71. The van der Waals surface area contributed by atoms with Crippen LogP contribution in [0.5, 0.6) is 0 Å². The quantitative estimate of drug-likeness (QED) is 0.0375. The molecule has 0 saturated carbocycles. The van der Waals surface area contributed by atoms with Gasteiger partial charge >= 0.3 is 0 Å². The standard InChI is InChI=1S/C76H149NO3S/c1-4-7-10-13-16-19-22-25-28-31-34-37-40-43-46-49-52-55-58-61-64-67-72-77(75-70-71-76-81(78,79)80,73-68-65-62-59-56-53-50-47-44-41-38-35-32-29-26-23-20-17-14-11-8-5-2)74-69-66-63-60-57-54-51-48-45-42-39-36-33-30-27-24-21-18-15-12-9-6-3/h67-69,72-74H,4-66,70-71,75-76H2,1-3H3/p+1/b72-67+,73-68+,74-69+. The van der Waals surface area contributed by atoms with Crippen LogP contribution < -0.4 is 0 Å². The van der Waals surface area contributed by atoms with Gasteiger partial charge in [-0.05, 0) is 69.6 Å². The highest BCUT2D eigenvalue weighted by Gasteiger charge is 2.19. The van der Waals surface area contributed by atoms with Crippen LogP contribution in [0.4, 0.5) is 0 Å². The molecule has 4 nitrogen and oxygen atoms in total. The molecule has 482 valence electrons. The van der Waals surface area contributed by atoms with E-state index >= 15 is 0 Å². The fraction of sp³-hybridized carbons (Fsp3) is 0.921. The topological polar surface area (TPSA) is 54.4 Å². The molecule has 5 heteroatoms. The summed E-state index contributed by atoms with van der Waals surface area (Å²) >= 11 is 0. The first-order valence-electron chi connectivity index (χ1n) is 37.7. The Morgan fingerprint density at radius 1 is 0.235 bits per heavy atom. The van der Waals surface area contributed by atoms with Gasteiger partial charge in [-0.1, -0.05) is 387 Å². The molecule has 0 bridgehead atoms. The average molecular weight is 1160 g/mol. The minimum absolute atomic E-state index is 0.150. The summed E-state index contributed by atoms with van der Waals surface area (Å²) in [4.78, 5) is 0. The van der Waals surface area contributed by atoms with Crippen molar-refractivity contribution in [3.05, 3.63) is 36.8 Å². The Balaban J connectivity index is 4.82. The van der Waals surface area contributed by atoms with Crippen molar-refractivity contribution in [1.82, 2.24) is 0 Å². The van der Waals surface area contributed by atoms with Crippen LogP contribution in [0.3, 0.4) is 0 Å². The van der Waals surface area contributed by atoms with Crippen molar-refractivity contribution in [3.8, 4) is 0 Å². The van der Waals surface area contributed by atoms with E-state index in [0.717, 1.165) is 32.2 Å². The zero-order valence-corrected chi connectivity index (χ0v) is 56.8. The van der Waals surface area contributed by atoms with Gasteiger partial charge in [-0.2, -0.15) is 8.42 Å². The van der Waals surface area contributed by atoms with Crippen LogP contribution in [0, 0.1) is 0 Å².